The van der Waals surface area contributed by atoms with Crippen molar-refractivity contribution in [3.05, 3.63) is 29.3 Å². The summed E-state index contributed by atoms with van der Waals surface area (Å²) in [4.78, 5) is 23.9. The maximum atomic E-state index is 12.0. The monoisotopic (exact) mass is 237 g/mol. The van der Waals surface area contributed by atoms with Crippen LogP contribution in [0.2, 0.25) is 0 Å². The van der Waals surface area contributed by atoms with Gasteiger partial charge in [0, 0.05) is 17.7 Å². The smallest absolute Gasteiger partial charge is 0.323 e. The highest BCUT2D eigenvalue weighted by Crippen LogP contribution is 2.20. The molecule has 0 unspecified atom stereocenters. The summed E-state index contributed by atoms with van der Waals surface area (Å²) in [5, 5.41) is 18.2. The van der Waals surface area contributed by atoms with Crippen LogP contribution >= 0.6 is 0 Å². The molecule has 5 heteroatoms. The zero-order valence-corrected chi connectivity index (χ0v) is 9.80. The highest BCUT2D eigenvalue weighted by molar-refractivity contribution is 5.97. The highest BCUT2D eigenvalue weighted by atomic mass is 16.4. The molecule has 0 aliphatic rings. The lowest BCUT2D eigenvalue weighted by Gasteiger charge is -2.19. The van der Waals surface area contributed by atoms with Crippen LogP contribution in [0, 0.1) is 6.92 Å². The number of carbonyl (C=O) groups is 2. The van der Waals surface area contributed by atoms with E-state index in [1.54, 1.807) is 26.0 Å². The van der Waals surface area contributed by atoms with Gasteiger partial charge in [0.25, 0.3) is 5.91 Å². The molecule has 0 spiro atoms. The number of carbonyl (C=O) groups excluding carboxylic acids is 1. The van der Waals surface area contributed by atoms with Crippen molar-refractivity contribution in [2.24, 2.45) is 0 Å². The third-order valence-electron chi connectivity index (χ3n) is 2.53. The molecule has 0 aliphatic heterocycles. The van der Waals surface area contributed by atoms with Crippen LogP contribution in [0.15, 0.2) is 18.2 Å². The fourth-order valence-electron chi connectivity index (χ4n) is 1.52. The van der Waals surface area contributed by atoms with Crippen molar-refractivity contribution in [3.63, 3.8) is 0 Å². The Morgan fingerprint density at radius 1 is 1.35 bits per heavy atom. The van der Waals surface area contributed by atoms with E-state index in [0.29, 0.717) is 17.7 Å². The molecule has 0 fully saturated rings. The first-order valence-electron chi connectivity index (χ1n) is 5.27. The Balaban J connectivity index is 3.02. The molecule has 1 aromatic rings. The Morgan fingerprint density at radius 3 is 2.53 bits per heavy atom. The number of carboxylic acid groups (broad SMARTS) is 1. The summed E-state index contributed by atoms with van der Waals surface area (Å²) in [5.74, 6) is -1.41. The van der Waals surface area contributed by atoms with Crippen molar-refractivity contribution < 1.29 is 19.8 Å². The zero-order valence-electron chi connectivity index (χ0n) is 9.80. The number of carboxylic acids is 1. The number of amides is 1. The first-order chi connectivity index (χ1) is 7.97. The summed E-state index contributed by atoms with van der Waals surface area (Å²) in [5.41, 5.74) is 0.787. The van der Waals surface area contributed by atoms with E-state index in [1.807, 2.05) is 0 Å². The number of aliphatic carboxylic acids is 1. The van der Waals surface area contributed by atoms with Gasteiger partial charge in [0.1, 0.15) is 12.3 Å². The van der Waals surface area contributed by atoms with Crippen LogP contribution in [-0.2, 0) is 4.79 Å². The number of hydrogen-bond donors (Lipinski definition) is 2. The summed E-state index contributed by atoms with van der Waals surface area (Å²) >= 11 is 0. The van der Waals surface area contributed by atoms with Crippen LogP contribution in [0.5, 0.6) is 5.75 Å². The Kier molecular flexibility index (Phi) is 4.09. The molecule has 0 radical (unpaired) electrons. The van der Waals surface area contributed by atoms with Gasteiger partial charge in [0.15, 0.2) is 0 Å². The van der Waals surface area contributed by atoms with Crippen molar-refractivity contribution >= 4 is 11.9 Å². The van der Waals surface area contributed by atoms with E-state index in [-0.39, 0.29) is 18.2 Å². The summed E-state index contributed by atoms with van der Waals surface area (Å²) in [6.07, 6.45) is 0. The quantitative estimate of drug-likeness (QED) is 0.826. The average molecular weight is 237 g/mol. The van der Waals surface area contributed by atoms with Crippen LogP contribution in [-0.4, -0.2) is 40.1 Å². The largest absolute Gasteiger partial charge is 0.508 e. The topological polar surface area (TPSA) is 77.8 Å². The van der Waals surface area contributed by atoms with Crippen LogP contribution in [0.25, 0.3) is 0 Å². The van der Waals surface area contributed by atoms with Gasteiger partial charge in [-0.15, -0.1) is 0 Å². The predicted octanol–water partition coefficient (Wildman–Crippen LogP) is 1.25. The second kappa shape index (κ2) is 5.34. The molecule has 1 rings (SSSR count). The third-order valence-corrected chi connectivity index (χ3v) is 2.53. The van der Waals surface area contributed by atoms with E-state index in [1.165, 1.54) is 11.0 Å². The van der Waals surface area contributed by atoms with E-state index in [0.717, 1.165) is 0 Å². The van der Waals surface area contributed by atoms with Crippen molar-refractivity contribution in [1.29, 1.82) is 0 Å². The first kappa shape index (κ1) is 13.0. The van der Waals surface area contributed by atoms with Gasteiger partial charge in [-0.05, 0) is 26.0 Å². The van der Waals surface area contributed by atoms with E-state index in [4.69, 9.17) is 5.11 Å². The maximum absolute atomic E-state index is 12.0. The Bertz CT molecular complexity index is 442. The molecule has 0 bridgehead atoms. The van der Waals surface area contributed by atoms with Gasteiger partial charge >= 0.3 is 5.97 Å². The number of hydrogen-bond acceptors (Lipinski definition) is 3. The minimum atomic E-state index is -1.06. The van der Waals surface area contributed by atoms with Gasteiger partial charge in [0.2, 0.25) is 0 Å². The molecule has 1 aromatic carbocycles. The SMILES string of the molecule is CCN(CC(=O)O)C(=O)c1cccc(O)c1C. The van der Waals surface area contributed by atoms with Gasteiger partial charge in [-0.3, -0.25) is 9.59 Å². The highest BCUT2D eigenvalue weighted by Gasteiger charge is 2.19. The minimum Gasteiger partial charge on any atom is -0.508 e. The number of nitrogens with zero attached hydrogens (tertiary/aromatic N) is 1. The van der Waals surface area contributed by atoms with Crippen molar-refractivity contribution in [2.45, 2.75) is 13.8 Å². The number of likely N-dealkylation sites (N-methyl/N-ethyl adjacent to an activating group) is 1. The first-order valence-corrected chi connectivity index (χ1v) is 5.27. The summed E-state index contributed by atoms with van der Waals surface area (Å²) in [7, 11) is 0. The van der Waals surface area contributed by atoms with Gasteiger partial charge in [0.05, 0.1) is 0 Å². The molecule has 92 valence electrons. The van der Waals surface area contributed by atoms with Gasteiger partial charge in [-0.1, -0.05) is 6.07 Å². The molecule has 0 saturated heterocycles. The Labute approximate surface area is 99.3 Å². The Morgan fingerprint density at radius 2 is 2.00 bits per heavy atom. The summed E-state index contributed by atoms with van der Waals surface area (Å²) < 4.78 is 0. The zero-order chi connectivity index (χ0) is 13.0. The minimum absolute atomic E-state index is 0.0298. The van der Waals surface area contributed by atoms with Crippen molar-refractivity contribution in [2.75, 3.05) is 13.1 Å². The van der Waals surface area contributed by atoms with Crippen LogP contribution in [0.3, 0.4) is 0 Å². The molecule has 2 N–H and O–H groups in total. The molecule has 5 nitrogen and oxygen atoms in total. The number of benzene rings is 1. The van der Waals surface area contributed by atoms with Crippen LogP contribution < -0.4 is 0 Å². The van der Waals surface area contributed by atoms with E-state index < -0.39 is 5.97 Å². The van der Waals surface area contributed by atoms with E-state index >= 15 is 0 Å². The molecule has 0 heterocycles. The lowest BCUT2D eigenvalue weighted by atomic mass is 10.1. The second-order valence-electron chi connectivity index (χ2n) is 3.66. The maximum Gasteiger partial charge on any atom is 0.323 e. The predicted molar refractivity (Wildman–Crippen MR) is 62.1 cm³/mol. The number of rotatable bonds is 4. The van der Waals surface area contributed by atoms with Crippen LogP contribution in [0.4, 0.5) is 0 Å². The van der Waals surface area contributed by atoms with Gasteiger partial charge < -0.3 is 15.1 Å². The molecule has 0 aliphatic carbocycles. The van der Waals surface area contributed by atoms with E-state index in [2.05, 4.69) is 0 Å². The normalized spacial score (nSPS) is 10.0. The molecular weight excluding hydrogens is 222 g/mol. The molecule has 0 aromatic heterocycles. The Hall–Kier alpha value is -2.04. The standard InChI is InChI=1S/C12H15NO4/c1-3-13(7-11(15)16)12(17)9-5-4-6-10(14)8(9)2/h4-6,14H,3,7H2,1-2H3,(H,15,16). The molecule has 17 heavy (non-hydrogen) atoms. The van der Waals surface area contributed by atoms with Gasteiger partial charge in [-0.25, -0.2) is 0 Å². The number of phenols is 1. The fourth-order valence-corrected chi connectivity index (χ4v) is 1.52. The molecule has 0 atom stereocenters. The number of aromatic hydroxyl groups is 1. The molecular formula is C12H15NO4. The second-order valence-corrected chi connectivity index (χ2v) is 3.66. The van der Waals surface area contributed by atoms with Crippen LogP contribution in [0.1, 0.15) is 22.8 Å². The van der Waals surface area contributed by atoms with Crippen molar-refractivity contribution in [1.82, 2.24) is 4.90 Å². The average Bonchev–Trinajstić information content (AvgIpc) is 2.28. The van der Waals surface area contributed by atoms with Gasteiger partial charge in [-0.2, -0.15) is 0 Å². The van der Waals surface area contributed by atoms with Crippen molar-refractivity contribution in [3.8, 4) is 5.75 Å². The lowest BCUT2D eigenvalue weighted by Crippen LogP contribution is -2.35. The molecule has 0 saturated carbocycles. The lowest BCUT2D eigenvalue weighted by molar-refractivity contribution is -0.137. The van der Waals surface area contributed by atoms with E-state index in [9.17, 15) is 14.7 Å². The molecule has 1 amide bonds. The number of phenolic OH excluding ortho intramolecular Hbond substituents is 1. The summed E-state index contributed by atoms with van der Waals surface area (Å²) in [6.45, 7) is 3.29. The summed E-state index contributed by atoms with van der Waals surface area (Å²) in [6, 6.07) is 4.62. The third kappa shape index (κ3) is 2.96. The fraction of sp³-hybridized carbons (Fsp3) is 0.333.